The molecule has 38 heavy (non-hydrogen) atoms. The van der Waals surface area contributed by atoms with E-state index in [0.717, 1.165) is 0 Å². The lowest BCUT2D eigenvalue weighted by molar-refractivity contribution is -0.148. The molecule has 5 heterocycles. The number of imidazole rings is 1. The van der Waals surface area contributed by atoms with Gasteiger partial charge in [0.15, 0.2) is 11.5 Å². The van der Waals surface area contributed by atoms with Gasteiger partial charge in [0.05, 0.1) is 26.1 Å². The largest absolute Gasteiger partial charge is 0.472 e. The van der Waals surface area contributed by atoms with Crippen LogP contribution in [0, 0.1) is 6.92 Å². The zero-order chi connectivity index (χ0) is 27.2. The van der Waals surface area contributed by atoms with Crippen LogP contribution in [0.4, 0.5) is 5.82 Å². The summed E-state index contributed by atoms with van der Waals surface area (Å²) in [6.45, 7) is -0.563. The average Bonchev–Trinajstić information content (AvgIpc) is 3.50. The first-order valence-corrected chi connectivity index (χ1v) is 13.0. The third-order valence-corrected chi connectivity index (χ3v) is 7.65. The second-order valence-corrected chi connectivity index (χ2v) is 10.5. The van der Waals surface area contributed by atoms with Gasteiger partial charge in [0, 0.05) is 24.1 Å². The fourth-order valence-electron chi connectivity index (χ4n) is 4.50. The van der Waals surface area contributed by atoms with Gasteiger partial charge >= 0.3 is 13.5 Å². The summed E-state index contributed by atoms with van der Waals surface area (Å²) < 4.78 is 37.6. The van der Waals surface area contributed by atoms with Crippen LogP contribution in [0.5, 0.6) is 0 Å². The van der Waals surface area contributed by atoms with Gasteiger partial charge in [0.25, 0.3) is 5.56 Å². The second kappa shape index (κ2) is 9.94. The predicted octanol–water partition coefficient (Wildman–Crippen LogP) is -1.69. The number of aliphatic hydroxyl groups excluding tert-OH is 2. The smallest absolute Gasteiger partial charge is 0.394 e. The number of nitrogens with two attached hydrogens (primary N) is 1. The summed E-state index contributed by atoms with van der Waals surface area (Å²) in [6, 6.07) is 0. The number of hydrogen-bond acceptors (Lipinski definition) is 13. The van der Waals surface area contributed by atoms with Gasteiger partial charge in [0.2, 0.25) is 0 Å². The van der Waals surface area contributed by atoms with Crippen LogP contribution in [0.25, 0.3) is 11.2 Å². The number of phosphoric ester groups is 1. The highest BCUT2D eigenvalue weighted by atomic mass is 31.2. The number of nitrogen functional groups attached to an aromatic ring is 1. The van der Waals surface area contributed by atoms with E-state index in [0.29, 0.717) is 16.9 Å². The van der Waals surface area contributed by atoms with Gasteiger partial charge in [-0.05, 0) is 6.92 Å². The van der Waals surface area contributed by atoms with E-state index in [-0.39, 0.29) is 31.0 Å². The number of nitrogens with zero attached hydrogens (tertiary/aromatic N) is 5. The van der Waals surface area contributed by atoms with E-state index in [1.807, 2.05) is 0 Å². The number of aromatic amines is 1. The summed E-state index contributed by atoms with van der Waals surface area (Å²) in [5.74, 6) is 0.168. The van der Waals surface area contributed by atoms with Gasteiger partial charge in [-0.25, -0.2) is 24.3 Å². The molecule has 5 rings (SSSR count). The van der Waals surface area contributed by atoms with Gasteiger partial charge in [-0.2, -0.15) is 0 Å². The molecule has 0 spiro atoms. The Balaban J connectivity index is 1.29. The van der Waals surface area contributed by atoms with E-state index >= 15 is 0 Å². The molecule has 18 heteroatoms. The molecule has 17 nitrogen and oxygen atoms in total. The van der Waals surface area contributed by atoms with Crippen LogP contribution >= 0.6 is 7.82 Å². The summed E-state index contributed by atoms with van der Waals surface area (Å²) in [7, 11) is -4.78. The van der Waals surface area contributed by atoms with E-state index in [2.05, 4.69) is 19.9 Å². The lowest BCUT2D eigenvalue weighted by Gasteiger charge is -2.37. The highest BCUT2D eigenvalue weighted by Gasteiger charge is 2.44. The molecular weight excluding hydrogens is 529 g/mol. The Morgan fingerprint density at radius 1 is 1.32 bits per heavy atom. The number of phosphoric acid groups is 1. The van der Waals surface area contributed by atoms with Crippen LogP contribution in [0.2, 0.25) is 0 Å². The van der Waals surface area contributed by atoms with Crippen LogP contribution in [-0.4, -0.2) is 81.8 Å². The Kier molecular flexibility index (Phi) is 6.95. The highest BCUT2D eigenvalue weighted by Crippen LogP contribution is 2.49. The highest BCUT2D eigenvalue weighted by molar-refractivity contribution is 7.47. The molecule has 0 amide bonds. The number of fused-ring (bicyclic) bond motifs is 2. The zero-order valence-corrected chi connectivity index (χ0v) is 21.0. The monoisotopic (exact) mass is 555 g/mol. The molecule has 1 fully saturated rings. The molecular formula is C20H26N7O10P. The third kappa shape index (κ3) is 4.78. The summed E-state index contributed by atoms with van der Waals surface area (Å²) in [5, 5.41) is 19.8. The Morgan fingerprint density at radius 3 is 2.84 bits per heavy atom. The fraction of sp³-hybridized carbons (Fsp3) is 0.550. The predicted molar refractivity (Wildman–Crippen MR) is 127 cm³/mol. The molecule has 0 aliphatic carbocycles. The number of anilines is 1. The van der Waals surface area contributed by atoms with E-state index in [1.54, 1.807) is 4.57 Å². The first kappa shape index (κ1) is 26.6. The first-order chi connectivity index (χ1) is 18.1. The molecule has 1 unspecified atom stereocenters. The molecule has 0 bridgehead atoms. The Hall–Kier alpha value is -3.02. The third-order valence-electron chi connectivity index (χ3n) is 6.66. The van der Waals surface area contributed by atoms with Crippen LogP contribution in [0.15, 0.2) is 22.2 Å². The molecule has 2 aliphatic rings. The van der Waals surface area contributed by atoms with Crippen molar-refractivity contribution >= 4 is 24.8 Å². The second-order valence-electron chi connectivity index (χ2n) is 9.07. The summed E-state index contributed by atoms with van der Waals surface area (Å²) in [5.41, 5.74) is 4.30. The summed E-state index contributed by atoms with van der Waals surface area (Å²) in [4.78, 5) is 48.9. The molecule has 1 saturated heterocycles. The SMILES string of the molecule is Cc1c2n(c(=O)[nH]c1=O)CO[C@@](CO)(COP(=O)(O)O[C@H]1C[C@H](n3cnc4c(N)ncnc43)O[C@@H]1CO)C2. The number of hydrogen-bond donors (Lipinski definition) is 5. The maximum Gasteiger partial charge on any atom is 0.472 e. The number of nitrogens with one attached hydrogen (secondary N) is 1. The van der Waals surface area contributed by atoms with E-state index in [9.17, 15) is 29.3 Å². The van der Waals surface area contributed by atoms with Gasteiger partial charge in [0.1, 0.15) is 42.6 Å². The zero-order valence-electron chi connectivity index (χ0n) is 20.1. The fourth-order valence-corrected chi connectivity index (χ4v) is 5.53. The molecule has 6 N–H and O–H groups in total. The molecule has 0 radical (unpaired) electrons. The van der Waals surface area contributed by atoms with Crippen molar-refractivity contribution in [1.29, 1.82) is 0 Å². The van der Waals surface area contributed by atoms with E-state index in [4.69, 9.17) is 24.3 Å². The Morgan fingerprint density at radius 2 is 2.11 bits per heavy atom. The van der Waals surface area contributed by atoms with Crippen LogP contribution in [0.1, 0.15) is 23.9 Å². The van der Waals surface area contributed by atoms with Crippen molar-refractivity contribution in [3.05, 3.63) is 44.8 Å². The van der Waals surface area contributed by atoms with Crippen LogP contribution in [-0.2, 0) is 36.2 Å². The van der Waals surface area contributed by atoms with Crippen LogP contribution in [0.3, 0.4) is 0 Å². The maximum atomic E-state index is 12.9. The molecule has 206 valence electrons. The minimum Gasteiger partial charge on any atom is -0.394 e. The Bertz CT molecular complexity index is 1520. The van der Waals surface area contributed by atoms with Crippen molar-refractivity contribution in [3.63, 3.8) is 0 Å². The summed E-state index contributed by atoms with van der Waals surface area (Å²) >= 11 is 0. The molecule has 3 aromatic heterocycles. The number of rotatable bonds is 8. The molecule has 0 aromatic carbocycles. The maximum absolute atomic E-state index is 12.9. The number of H-pyrrole nitrogens is 1. The number of aromatic nitrogens is 6. The topological polar surface area (TPSA) is 239 Å². The van der Waals surface area contributed by atoms with Gasteiger partial charge in [-0.3, -0.25) is 28.0 Å². The average molecular weight is 555 g/mol. The quantitative estimate of drug-likeness (QED) is 0.195. The van der Waals surface area contributed by atoms with Gasteiger partial charge in [-0.1, -0.05) is 0 Å². The van der Waals surface area contributed by atoms with Crippen molar-refractivity contribution in [3.8, 4) is 0 Å². The standard InChI is InChI=1S/C20H26N7O10P/c1-10-11-3-20(5-29,34-9-27(11)19(31)25-18(10)30)6-35-38(32,33)37-12-2-14(36-13(12)4-28)26-8-24-15-16(21)22-7-23-17(15)26/h7-8,12-14,28-29H,2-6,9H2,1H3,(H,32,33)(H2,21,22,23)(H,25,30,31)/t12-,13+,14+,20-/m0/s1. The minimum absolute atomic E-state index is 0.0361. The van der Waals surface area contributed by atoms with Gasteiger partial charge in [-0.15, -0.1) is 0 Å². The molecule has 2 aliphatic heterocycles. The van der Waals surface area contributed by atoms with Crippen molar-refractivity contribution in [1.82, 2.24) is 29.1 Å². The van der Waals surface area contributed by atoms with Crippen molar-refractivity contribution in [2.75, 3.05) is 25.6 Å². The Labute approximate surface area is 213 Å². The van der Waals surface area contributed by atoms with Crippen LogP contribution < -0.4 is 17.0 Å². The number of aliphatic hydroxyl groups is 2. The van der Waals surface area contributed by atoms with Crippen molar-refractivity contribution in [2.45, 2.75) is 50.5 Å². The van der Waals surface area contributed by atoms with Gasteiger partial charge < -0.3 is 30.3 Å². The number of ether oxygens (including phenoxy) is 2. The van der Waals surface area contributed by atoms with Crippen molar-refractivity contribution < 1.29 is 38.2 Å². The van der Waals surface area contributed by atoms with Crippen molar-refractivity contribution in [2.24, 2.45) is 0 Å². The minimum atomic E-state index is -4.78. The normalized spacial score (nSPS) is 26.9. The molecule has 0 saturated carbocycles. The van der Waals surface area contributed by atoms with E-state index in [1.165, 1.54) is 24.1 Å². The molecule has 5 atom stereocenters. The first-order valence-electron chi connectivity index (χ1n) is 11.5. The summed E-state index contributed by atoms with van der Waals surface area (Å²) in [6.07, 6.45) is -0.211. The lowest BCUT2D eigenvalue weighted by Crippen LogP contribution is -2.51. The van der Waals surface area contributed by atoms with E-state index < -0.39 is 62.9 Å². The molecule has 3 aromatic rings. The lowest BCUT2D eigenvalue weighted by atomic mass is 9.96.